The zero-order valence-corrected chi connectivity index (χ0v) is 11.3. The molecule has 2 nitrogen and oxygen atoms in total. The van der Waals surface area contributed by atoms with Crippen LogP contribution in [0, 0.1) is 6.92 Å². The molecule has 17 heavy (non-hydrogen) atoms. The summed E-state index contributed by atoms with van der Waals surface area (Å²) in [4.78, 5) is 2.49. The van der Waals surface area contributed by atoms with Gasteiger partial charge in [-0.1, -0.05) is 17.7 Å². The second kappa shape index (κ2) is 4.69. The monoisotopic (exact) mass is 232 g/mol. The SMILES string of the molecule is Cc1ccc2c(c1)CCCN2CCC(C)(C)N. The normalized spacial score (nSPS) is 15.9. The lowest BCUT2D eigenvalue weighted by atomic mass is 9.97. The van der Waals surface area contributed by atoms with E-state index in [-0.39, 0.29) is 5.54 Å². The van der Waals surface area contributed by atoms with Crippen molar-refractivity contribution in [3.05, 3.63) is 29.3 Å². The van der Waals surface area contributed by atoms with Crippen LogP contribution in [0.2, 0.25) is 0 Å². The molecule has 0 spiro atoms. The highest BCUT2D eigenvalue weighted by molar-refractivity contribution is 5.56. The van der Waals surface area contributed by atoms with Crippen LogP contribution in [0.1, 0.15) is 37.8 Å². The Balaban J connectivity index is 2.12. The molecule has 1 heterocycles. The molecule has 1 aromatic carbocycles. The molecule has 1 aliphatic rings. The highest BCUT2D eigenvalue weighted by Gasteiger charge is 2.19. The number of aryl methyl sites for hydroxylation is 2. The summed E-state index contributed by atoms with van der Waals surface area (Å²) in [6.45, 7) is 8.62. The van der Waals surface area contributed by atoms with Gasteiger partial charge in [-0.05, 0) is 51.7 Å². The van der Waals surface area contributed by atoms with Gasteiger partial charge in [-0.25, -0.2) is 0 Å². The van der Waals surface area contributed by atoms with Gasteiger partial charge in [0.05, 0.1) is 0 Å². The molecule has 0 bridgehead atoms. The van der Waals surface area contributed by atoms with Crippen LogP contribution in [0.25, 0.3) is 0 Å². The summed E-state index contributed by atoms with van der Waals surface area (Å²) in [6.07, 6.45) is 3.53. The Labute approximate surface area is 105 Å². The molecular weight excluding hydrogens is 208 g/mol. The average molecular weight is 232 g/mol. The van der Waals surface area contributed by atoms with Crippen LogP contribution in [0.5, 0.6) is 0 Å². The van der Waals surface area contributed by atoms with E-state index >= 15 is 0 Å². The van der Waals surface area contributed by atoms with Crippen molar-refractivity contribution in [1.29, 1.82) is 0 Å². The fraction of sp³-hybridized carbons (Fsp3) is 0.600. The van der Waals surface area contributed by atoms with Crippen LogP contribution >= 0.6 is 0 Å². The van der Waals surface area contributed by atoms with Crippen molar-refractivity contribution >= 4 is 5.69 Å². The van der Waals surface area contributed by atoms with Crippen molar-refractivity contribution in [1.82, 2.24) is 0 Å². The highest BCUT2D eigenvalue weighted by Crippen LogP contribution is 2.28. The number of rotatable bonds is 3. The van der Waals surface area contributed by atoms with Crippen molar-refractivity contribution in [2.24, 2.45) is 5.73 Å². The lowest BCUT2D eigenvalue weighted by Crippen LogP contribution is -2.39. The number of benzene rings is 1. The minimum Gasteiger partial charge on any atom is -0.371 e. The molecule has 0 amide bonds. The summed E-state index contributed by atoms with van der Waals surface area (Å²) in [6, 6.07) is 6.81. The Morgan fingerprint density at radius 1 is 1.35 bits per heavy atom. The summed E-state index contributed by atoms with van der Waals surface area (Å²) < 4.78 is 0. The molecule has 2 rings (SSSR count). The molecule has 0 aliphatic carbocycles. The van der Waals surface area contributed by atoms with Gasteiger partial charge < -0.3 is 10.6 Å². The molecule has 0 saturated heterocycles. The van der Waals surface area contributed by atoms with E-state index in [0.29, 0.717) is 0 Å². The second-order valence-electron chi connectivity index (χ2n) is 5.96. The maximum atomic E-state index is 6.07. The van der Waals surface area contributed by atoms with E-state index in [1.165, 1.54) is 36.2 Å². The lowest BCUT2D eigenvalue weighted by Gasteiger charge is -2.33. The first-order valence-electron chi connectivity index (χ1n) is 6.59. The molecule has 0 radical (unpaired) electrons. The fourth-order valence-electron chi connectivity index (χ4n) is 2.46. The minimum atomic E-state index is -0.0672. The van der Waals surface area contributed by atoms with Crippen molar-refractivity contribution in [3.8, 4) is 0 Å². The number of anilines is 1. The molecule has 2 N–H and O–H groups in total. The molecule has 0 atom stereocenters. The smallest absolute Gasteiger partial charge is 0.0398 e. The van der Waals surface area contributed by atoms with Gasteiger partial charge in [0, 0.05) is 24.3 Å². The van der Waals surface area contributed by atoms with Crippen LogP contribution in [-0.4, -0.2) is 18.6 Å². The summed E-state index contributed by atoms with van der Waals surface area (Å²) in [5, 5.41) is 0. The number of nitrogens with two attached hydrogens (primary N) is 1. The van der Waals surface area contributed by atoms with E-state index in [2.05, 4.69) is 43.9 Å². The van der Waals surface area contributed by atoms with Gasteiger partial charge in [-0.15, -0.1) is 0 Å². The molecule has 1 aliphatic heterocycles. The molecule has 0 fully saturated rings. The lowest BCUT2D eigenvalue weighted by molar-refractivity contribution is 0.470. The molecule has 0 saturated carbocycles. The van der Waals surface area contributed by atoms with Crippen LogP contribution in [0.4, 0.5) is 5.69 Å². The van der Waals surface area contributed by atoms with Crippen LogP contribution < -0.4 is 10.6 Å². The average Bonchev–Trinajstić information content (AvgIpc) is 2.24. The first kappa shape index (κ1) is 12.4. The summed E-state index contributed by atoms with van der Waals surface area (Å²) in [5.41, 5.74) is 10.3. The topological polar surface area (TPSA) is 29.3 Å². The maximum Gasteiger partial charge on any atom is 0.0398 e. The summed E-state index contributed by atoms with van der Waals surface area (Å²) in [5.74, 6) is 0. The Bertz CT molecular complexity index is 390. The Hall–Kier alpha value is -1.02. The molecule has 1 aromatic rings. The number of fused-ring (bicyclic) bond motifs is 1. The fourth-order valence-corrected chi connectivity index (χ4v) is 2.46. The Kier molecular flexibility index (Phi) is 3.43. The zero-order chi connectivity index (χ0) is 12.5. The predicted molar refractivity (Wildman–Crippen MR) is 74.6 cm³/mol. The first-order valence-corrected chi connectivity index (χ1v) is 6.59. The second-order valence-corrected chi connectivity index (χ2v) is 5.96. The zero-order valence-electron chi connectivity index (χ0n) is 11.3. The minimum absolute atomic E-state index is 0.0672. The summed E-state index contributed by atoms with van der Waals surface area (Å²) in [7, 11) is 0. The number of hydrogen-bond acceptors (Lipinski definition) is 2. The van der Waals surface area contributed by atoms with E-state index in [4.69, 9.17) is 5.73 Å². The van der Waals surface area contributed by atoms with Gasteiger partial charge in [0.25, 0.3) is 0 Å². The van der Waals surface area contributed by atoms with E-state index in [1.54, 1.807) is 0 Å². The third-order valence-corrected chi connectivity index (χ3v) is 3.48. The van der Waals surface area contributed by atoms with Gasteiger partial charge in [-0.3, -0.25) is 0 Å². The van der Waals surface area contributed by atoms with Crippen LogP contribution in [-0.2, 0) is 6.42 Å². The van der Waals surface area contributed by atoms with Gasteiger partial charge in [0.15, 0.2) is 0 Å². The molecular formula is C15H24N2. The van der Waals surface area contributed by atoms with Gasteiger partial charge in [0.1, 0.15) is 0 Å². The Morgan fingerprint density at radius 2 is 2.12 bits per heavy atom. The molecule has 0 aromatic heterocycles. The maximum absolute atomic E-state index is 6.07. The van der Waals surface area contributed by atoms with E-state index in [9.17, 15) is 0 Å². The highest BCUT2D eigenvalue weighted by atomic mass is 15.1. The van der Waals surface area contributed by atoms with Crippen molar-refractivity contribution < 1.29 is 0 Å². The van der Waals surface area contributed by atoms with E-state index in [0.717, 1.165) is 13.0 Å². The number of nitrogens with zero attached hydrogens (tertiary/aromatic N) is 1. The molecule has 0 unspecified atom stereocenters. The van der Waals surface area contributed by atoms with E-state index in [1.807, 2.05) is 0 Å². The number of hydrogen-bond donors (Lipinski definition) is 1. The van der Waals surface area contributed by atoms with Gasteiger partial charge in [-0.2, -0.15) is 0 Å². The predicted octanol–water partition coefficient (Wildman–Crippen LogP) is 2.88. The van der Waals surface area contributed by atoms with Gasteiger partial charge in [0.2, 0.25) is 0 Å². The van der Waals surface area contributed by atoms with Crippen LogP contribution in [0.15, 0.2) is 18.2 Å². The van der Waals surface area contributed by atoms with Crippen LogP contribution in [0.3, 0.4) is 0 Å². The van der Waals surface area contributed by atoms with E-state index < -0.39 is 0 Å². The standard InChI is InChI=1S/C15H24N2/c1-12-6-7-14-13(11-12)5-4-9-17(14)10-8-15(2,3)16/h6-7,11H,4-5,8-10,16H2,1-3H3. The molecule has 2 heteroatoms. The van der Waals surface area contributed by atoms with Gasteiger partial charge >= 0.3 is 0 Å². The first-order chi connectivity index (χ1) is 7.96. The largest absolute Gasteiger partial charge is 0.371 e. The third-order valence-electron chi connectivity index (χ3n) is 3.48. The Morgan fingerprint density at radius 3 is 2.82 bits per heavy atom. The summed E-state index contributed by atoms with van der Waals surface area (Å²) >= 11 is 0. The van der Waals surface area contributed by atoms with Crippen molar-refractivity contribution in [2.75, 3.05) is 18.0 Å². The van der Waals surface area contributed by atoms with Crippen molar-refractivity contribution in [2.45, 2.75) is 45.6 Å². The molecule has 94 valence electrons. The van der Waals surface area contributed by atoms with Crippen molar-refractivity contribution in [3.63, 3.8) is 0 Å². The quantitative estimate of drug-likeness (QED) is 0.868. The third kappa shape index (κ3) is 3.22.